The maximum absolute atomic E-state index is 12.6. The van der Waals surface area contributed by atoms with E-state index in [2.05, 4.69) is 15.3 Å². The summed E-state index contributed by atoms with van der Waals surface area (Å²) in [6, 6.07) is 0.524. The number of likely N-dealkylation sites (tertiary alicyclic amines) is 1. The summed E-state index contributed by atoms with van der Waals surface area (Å²) in [6.07, 6.45) is 2.60. The molecule has 1 spiro atoms. The minimum Gasteiger partial charge on any atom is -0.383 e. The molecule has 0 aromatic carbocycles. The Morgan fingerprint density at radius 2 is 2.26 bits per heavy atom. The quantitative estimate of drug-likeness (QED) is 0.810. The molecule has 23 heavy (non-hydrogen) atoms. The summed E-state index contributed by atoms with van der Waals surface area (Å²) in [5.41, 5.74) is 2.30. The van der Waals surface area contributed by atoms with E-state index in [1.165, 1.54) is 6.33 Å². The van der Waals surface area contributed by atoms with Crippen LogP contribution in [-0.4, -0.2) is 70.7 Å². The third kappa shape index (κ3) is 3.36. The van der Waals surface area contributed by atoms with Gasteiger partial charge in [-0.1, -0.05) is 0 Å². The van der Waals surface area contributed by atoms with E-state index >= 15 is 0 Å². The van der Waals surface area contributed by atoms with Crippen molar-refractivity contribution in [3.05, 3.63) is 23.3 Å². The molecule has 2 aliphatic rings. The van der Waals surface area contributed by atoms with E-state index in [1.807, 2.05) is 30.5 Å². The van der Waals surface area contributed by atoms with Gasteiger partial charge in [0.05, 0.1) is 11.4 Å². The number of methoxy groups -OCH3 is 1. The van der Waals surface area contributed by atoms with Gasteiger partial charge in [0, 0.05) is 49.8 Å². The van der Waals surface area contributed by atoms with Gasteiger partial charge in [0.15, 0.2) is 0 Å². The van der Waals surface area contributed by atoms with Gasteiger partial charge in [-0.2, -0.15) is 0 Å². The van der Waals surface area contributed by atoms with Crippen molar-refractivity contribution in [2.75, 3.05) is 39.1 Å². The molecule has 2 saturated heterocycles. The molecule has 2 fully saturated rings. The number of rotatable bonds is 5. The second-order valence-electron chi connectivity index (χ2n) is 6.44. The molecule has 6 nitrogen and oxygen atoms in total. The molecule has 0 bridgehead atoms. The first-order valence-electron chi connectivity index (χ1n) is 7.98. The van der Waals surface area contributed by atoms with E-state index in [4.69, 9.17) is 4.74 Å². The molecule has 1 atom stereocenters. The van der Waals surface area contributed by atoms with Crippen LogP contribution in [0.3, 0.4) is 0 Å². The number of aromatic nitrogens is 2. The smallest absolute Gasteiger partial charge is 0.272 e. The normalized spacial score (nSPS) is 22.4. The van der Waals surface area contributed by atoms with Gasteiger partial charge in [-0.15, -0.1) is 11.8 Å². The number of nitrogens with one attached hydrogen (secondary N) is 1. The van der Waals surface area contributed by atoms with Crippen LogP contribution < -0.4 is 5.32 Å². The van der Waals surface area contributed by atoms with Gasteiger partial charge in [0.25, 0.3) is 5.91 Å². The second kappa shape index (κ2) is 6.75. The van der Waals surface area contributed by atoms with Crippen molar-refractivity contribution in [3.63, 3.8) is 0 Å². The van der Waals surface area contributed by atoms with Crippen molar-refractivity contribution in [1.82, 2.24) is 20.2 Å². The van der Waals surface area contributed by atoms with Crippen molar-refractivity contribution in [3.8, 4) is 0 Å². The fraction of sp³-hybridized carbons (Fsp3) is 0.688. The van der Waals surface area contributed by atoms with Crippen molar-refractivity contribution in [1.29, 1.82) is 0 Å². The minimum absolute atomic E-state index is 0.0371. The summed E-state index contributed by atoms with van der Waals surface area (Å²) in [6.45, 7) is 7.10. The number of hydrogen-bond acceptors (Lipinski definition) is 6. The summed E-state index contributed by atoms with van der Waals surface area (Å²) in [7, 11) is 1.72. The monoisotopic (exact) mass is 336 g/mol. The molecule has 7 heteroatoms. The zero-order valence-electron chi connectivity index (χ0n) is 14.0. The Morgan fingerprint density at radius 3 is 3.00 bits per heavy atom. The molecule has 0 saturated carbocycles. The summed E-state index contributed by atoms with van der Waals surface area (Å²) in [5.74, 6) is 1.15. The number of nitrogens with zero attached hydrogens (tertiary/aromatic N) is 3. The highest BCUT2D eigenvalue weighted by molar-refractivity contribution is 8.01. The first kappa shape index (κ1) is 16.7. The van der Waals surface area contributed by atoms with Crippen LogP contribution in [0.1, 0.15) is 28.2 Å². The van der Waals surface area contributed by atoms with Gasteiger partial charge in [-0.05, 0) is 20.3 Å². The highest BCUT2D eigenvalue weighted by Crippen LogP contribution is 2.45. The minimum atomic E-state index is 0.0371. The van der Waals surface area contributed by atoms with Crippen LogP contribution in [0.2, 0.25) is 0 Å². The average molecular weight is 336 g/mol. The molecule has 1 aromatic rings. The summed E-state index contributed by atoms with van der Waals surface area (Å²) < 4.78 is 5.31. The van der Waals surface area contributed by atoms with Crippen LogP contribution in [0.15, 0.2) is 6.33 Å². The predicted molar refractivity (Wildman–Crippen MR) is 90.9 cm³/mol. The van der Waals surface area contributed by atoms with Gasteiger partial charge in [0.1, 0.15) is 12.0 Å². The second-order valence-corrected chi connectivity index (χ2v) is 7.92. The summed E-state index contributed by atoms with van der Waals surface area (Å²) in [4.78, 5) is 22.9. The molecule has 1 N–H and O–H groups in total. The van der Waals surface area contributed by atoms with Gasteiger partial charge < -0.3 is 15.0 Å². The van der Waals surface area contributed by atoms with E-state index in [9.17, 15) is 4.79 Å². The lowest BCUT2D eigenvalue weighted by atomic mass is 9.91. The lowest BCUT2D eigenvalue weighted by molar-refractivity contribution is 0.0544. The van der Waals surface area contributed by atoms with Crippen LogP contribution in [-0.2, 0) is 4.74 Å². The Bertz CT molecular complexity index is 589. The molecular weight excluding hydrogens is 312 g/mol. The molecule has 0 radical (unpaired) electrons. The van der Waals surface area contributed by atoms with Crippen molar-refractivity contribution in [2.24, 2.45) is 0 Å². The van der Waals surface area contributed by atoms with Gasteiger partial charge in [-0.3, -0.25) is 4.79 Å². The molecule has 126 valence electrons. The molecule has 3 rings (SSSR count). The van der Waals surface area contributed by atoms with Gasteiger partial charge in [-0.25, -0.2) is 9.97 Å². The van der Waals surface area contributed by atoms with Crippen molar-refractivity contribution < 1.29 is 9.53 Å². The van der Waals surface area contributed by atoms with Gasteiger partial charge in [0.2, 0.25) is 0 Å². The van der Waals surface area contributed by atoms with E-state index in [1.54, 1.807) is 7.11 Å². The SMILES string of the molecule is COCCNC1CSC2(C1)CN(C(=O)c1ncnc(C)c1C)C2. The topological polar surface area (TPSA) is 67.3 Å². The maximum Gasteiger partial charge on any atom is 0.272 e. The van der Waals surface area contributed by atoms with Crippen molar-refractivity contribution >= 4 is 17.7 Å². The van der Waals surface area contributed by atoms with E-state index < -0.39 is 0 Å². The number of amides is 1. The van der Waals surface area contributed by atoms with Crippen LogP contribution in [0, 0.1) is 13.8 Å². The molecular formula is C16H24N4O2S. The third-order valence-corrected chi connectivity index (χ3v) is 6.34. The number of hydrogen-bond donors (Lipinski definition) is 1. The largest absolute Gasteiger partial charge is 0.383 e. The Hall–Kier alpha value is -1.18. The lowest BCUT2D eigenvalue weighted by Crippen LogP contribution is -2.61. The Balaban J connectivity index is 1.55. The molecule has 2 aliphatic heterocycles. The number of carbonyl (C=O) groups is 1. The zero-order valence-corrected chi connectivity index (χ0v) is 14.8. The number of thioether (sulfide) groups is 1. The predicted octanol–water partition coefficient (Wildman–Crippen LogP) is 1.03. The lowest BCUT2D eigenvalue weighted by Gasteiger charge is -2.47. The number of ether oxygens (including phenoxy) is 1. The molecule has 1 amide bonds. The Labute approximate surface area is 141 Å². The number of aryl methyl sites for hydroxylation is 1. The first-order valence-corrected chi connectivity index (χ1v) is 8.97. The Morgan fingerprint density at radius 1 is 1.48 bits per heavy atom. The molecule has 0 aliphatic carbocycles. The summed E-state index contributed by atoms with van der Waals surface area (Å²) >= 11 is 1.99. The number of carbonyl (C=O) groups excluding carboxylic acids is 1. The fourth-order valence-corrected chi connectivity index (χ4v) is 4.86. The first-order chi connectivity index (χ1) is 11.0. The average Bonchev–Trinajstić information content (AvgIpc) is 2.93. The Kier molecular flexibility index (Phi) is 4.89. The van der Waals surface area contributed by atoms with E-state index in [0.29, 0.717) is 11.7 Å². The third-order valence-electron chi connectivity index (χ3n) is 4.73. The van der Waals surface area contributed by atoms with E-state index in [0.717, 1.165) is 49.7 Å². The summed E-state index contributed by atoms with van der Waals surface area (Å²) in [5, 5.41) is 3.53. The molecule has 3 heterocycles. The van der Waals surface area contributed by atoms with Gasteiger partial charge >= 0.3 is 0 Å². The highest BCUT2D eigenvalue weighted by atomic mass is 32.2. The highest BCUT2D eigenvalue weighted by Gasteiger charge is 2.50. The standard InChI is InChI=1S/C16H24N4O2S/c1-11-12(2)18-10-19-14(11)15(21)20-8-16(9-20)6-13(7-23-16)17-4-5-22-3/h10,13,17H,4-9H2,1-3H3. The van der Waals surface area contributed by atoms with Crippen LogP contribution >= 0.6 is 11.8 Å². The van der Waals surface area contributed by atoms with Crippen molar-refractivity contribution in [2.45, 2.75) is 31.1 Å². The fourth-order valence-electron chi connectivity index (χ4n) is 3.26. The van der Waals surface area contributed by atoms with Crippen LogP contribution in [0.4, 0.5) is 0 Å². The van der Waals surface area contributed by atoms with Crippen LogP contribution in [0.25, 0.3) is 0 Å². The molecule has 1 aromatic heterocycles. The van der Waals surface area contributed by atoms with E-state index in [-0.39, 0.29) is 10.7 Å². The molecule has 1 unspecified atom stereocenters. The maximum atomic E-state index is 12.6. The zero-order chi connectivity index (χ0) is 16.4. The van der Waals surface area contributed by atoms with Crippen LogP contribution in [0.5, 0.6) is 0 Å².